The molecule has 0 atom stereocenters. The molecule has 32 heavy (non-hydrogen) atoms. The molecule has 0 saturated carbocycles. The summed E-state index contributed by atoms with van der Waals surface area (Å²) >= 11 is 7.71. The summed E-state index contributed by atoms with van der Waals surface area (Å²) in [6.45, 7) is 7.67. The molecule has 3 aromatic carbocycles. The van der Waals surface area contributed by atoms with Gasteiger partial charge in [-0.25, -0.2) is 17.4 Å². The van der Waals surface area contributed by atoms with Gasteiger partial charge in [0.15, 0.2) is 0 Å². The Morgan fingerprint density at radius 3 is 2.53 bits per heavy atom. The second-order valence-electron chi connectivity index (χ2n) is 7.59. The van der Waals surface area contributed by atoms with E-state index in [1.165, 1.54) is 27.0 Å². The Labute approximate surface area is 198 Å². The van der Waals surface area contributed by atoms with Crippen LogP contribution in [0.1, 0.15) is 29.4 Å². The lowest BCUT2D eigenvalue weighted by atomic mass is 10.1. The Morgan fingerprint density at radius 2 is 1.78 bits per heavy atom. The Kier molecular flexibility index (Phi) is 6.25. The number of fused-ring (bicyclic) bond motifs is 1. The molecule has 0 radical (unpaired) electrons. The van der Waals surface area contributed by atoms with E-state index in [9.17, 15) is 8.42 Å². The highest BCUT2D eigenvalue weighted by Gasteiger charge is 2.25. The Hall–Kier alpha value is -2.48. The van der Waals surface area contributed by atoms with Crippen molar-refractivity contribution in [3.63, 3.8) is 0 Å². The predicted octanol–water partition coefficient (Wildman–Crippen LogP) is 6.53. The van der Waals surface area contributed by atoms with Gasteiger partial charge in [-0.15, -0.1) is 0 Å². The first-order valence-electron chi connectivity index (χ1n) is 10.2. The summed E-state index contributed by atoms with van der Waals surface area (Å²) in [4.78, 5) is 5.85. The molecule has 0 aliphatic heterocycles. The number of aryl methyl sites for hydroxylation is 2. The lowest BCUT2D eigenvalue weighted by molar-refractivity contribution is 0.587. The summed E-state index contributed by atoms with van der Waals surface area (Å²) < 4.78 is 31.5. The molecule has 8 heteroatoms. The third kappa shape index (κ3) is 4.00. The van der Waals surface area contributed by atoms with Crippen LogP contribution >= 0.6 is 23.5 Å². The van der Waals surface area contributed by atoms with E-state index in [1.807, 2.05) is 12.1 Å². The number of aromatic nitrogens is 2. The van der Waals surface area contributed by atoms with Crippen molar-refractivity contribution in [1.29, 1.82) is 0 Å². The third-order valence-corrected chi connectivity index (χ3v) is 8.91. The van der Waals surface area contributed by atoms with Crippen molar-refractivity contribution in [1.82, 2.24) is 8.96 Å². The molecule has 0 aliphatic carbocycles. The van der Waals surface area contributed by atoms with Crippen LogP contribution in [0.5, 0.6) is 0 Å². The van der Waals surface area contributed by atoms with Gasteiger partial charge in [-0.2, -0.15) is 0 Å². The number of hydrogen-bond acceptors (Lipinski definition) is 5. The van der Waals surface area contributed by atoms with Crippen LogP contribution in [0, 0.1) is 20.8 Å². The summed E-state index contributed by atoms with van der Waals surface area (Å²) in [7, 11) is -3.84. The van der Waals surface area contributed by atoms with Crippen molar-refractivity contribution in [2.75, 3.05) is 4.72 Å². The van der Waals surface area contributed by atoms with Gasteiger partial charge in [0.25, 0.3) is 10.0 Å². The zero-order valence-electron chi connectivity index (χ0n) is 18.3. The van der Waals surface area contributed by atoms with E-state index in [2.05, 4.69) is 41.8 Å². The molecular weight excluding hydrogens is 462 g/mol. The van der Waals surface area contributed by atoms with Gasteiger partial charge in [0.05, 0.1) is 15.9 Å². The largest absolute Gasteiger partial charge is 0.326 e. The van der Waals surface area contributed by atoms with Gasteiger partial charge in [0.1, 0.15) is 5.82 Å². The van der Waals surface area contributed by atoms with Gasteiger partial charge in [-0.1, -0.05) is 36.7 Å². The standard InChI is InChI=1S/C24H24ClN3O2S2/c1-5-18-8-6-10-23(15(18)2)31-27-19-12-13-22-21(14-19)26-17(4)28(22)32(29,30)24-11-7-9-20(25)16(24)3/h6-14,27H,5H2,1-4H3. The van der Waals surface area contributed by atoms with Crippen LogP contribution in [-0.4, -0.2) is 17.4 Å². The molecule has 0 aliphatic rings. The van der Waals surface area contributed by atoms with Gasteiger partial charge < -0.3 is 4.72 Å². The average Bonchev–Trinajstić information content (AvgIpc) is 3.10. The Bertz CT molecular complexity index is 1430. The number of benzene rings is 3. The minimum absolute atomic E-state index is 0.177. The molecule has 0 saturated heterocycles. The maximum atomic E-state index is 13.4. The summed E-state index contributed by atoms with van der Waals surface area (Å²) in [5.41, 5.74) is 5.09. The number of imidazole rings is 1. The summed E-state index contributed by atoms with van der Waals surface area (Å²) in [5.74, 6) is 0.399. The fourth-order valence-electron chi connectivity index (χ4n) is 3.78. The Morgan fingerprint density at radius 1 is 1.03 bits per heavy atom. The first-order chi connectivity index (χ1) is 15.2. The summed E-state index contributed by atoms with van der Waals surface area (Å²) in [6, 6.07) is 16.7. The van der Waals surface area contributed by atoms with Crippen molar-refractivity contribution >= 4 is 50.3 Å². The van der Waals surface area contributed by atoms with Crippen molar-refractivity contribution in [3.05, 3.63) is 82.1 Å². The first kappa shape index (κ1) is 22.7. The number of anilines is 1. The van der Waals surface area contributed by atoms with Gasteiger partial charge in [0.2, 0.25) is 0 Å². The van der Waals surface area contributed by atoms with Crippen LogP contribution < -0.4 is 4.72 Å². The topological polar surface area (TPSA) is 64.0 Å². The highest BCUT2D eigenvalue weighted by atomic mass is 35.5. The quantitative estimate of drug-likeness (QED) is 0.314. The van der Waals surface area contributed by atoms with Crippen LogP contribution in [-0.2, 0) is 16.4 Å². The van der Waals surface area contributed by atoms with Crippen LogP contribution in [0.25, 0.3) is 11.0 Å². The van der Waals surface area contributed by atoms with Crippen molar-refractivity contribution in [2.45, 2.75) is 43.9 Å². The van der Waals surface area contributed by atoms with E-state index in [1.54, 1.807) is 38.1 Å². The Balaban J connectivity index is 1.69. The summed E-state index contributed by atoms with van der Waals surface area (Å²) in [6.07, 6.45) is 0.990. The lowest BCUT2D eigenvalue weighted by Gasteiger charge is -2.13. The number of nitrogens with one attached hydrogen (secondary N) is 1. The summed E-state index contributed by atoms with van der Waals surface area (Å²) in [5, 5.41) is 0.416. The maximum absolute atomic E-state index is 13.4. The molecule has 4 aromatic rings. The van der Waals surface area contributed by atoms with Crippen LogP contribution in [0.15, 0.2) is 64.4 Å². The monoisotopic (exact) mass is 485 g/mol. The molecule has 4 rings (SSSR count). The van der Waals surface area contributed by atoms with Crippen LogP contribution in [0.2, 0.25) is 5.02 Å². The molecule has 0 bridgehead atoms. The highest BCUT2D eigenvalue weighted by molar-refractivity contribution is 8.00. The number of halogens is 1. The van der Waals surface area contributed by atoms with E-state index in [-0.39, 0.29) is 4.90 Å². The van der Waals surface area contributed by atoms with Gasteiger partial charge in [-0.05, 0) is 92.2 Å². The fourth-order valence-corrected chi connectivity index (χ4v) is 6.54. The molecule has 0 fully saturated rings. The molecule has 0 unspecified atom stereocenters. The third-order valence-electron chi connectivity index (χ3n) is 5.56. The van der Waals surface area contributed by atoms with Crippen molar-refractivity contribution < 1.29 is 8.42 Å². The van der Waals surface area contributed by atoms with E-state index >= 15 is 0 Å². The number of nitrogens with zero attached hydrogens (tertiary/aromatic N) is 2. The SMILES string of the molecule is CCc1cccc(SNc2ccc3c(c2)nc(C)n3S(=O)(=O)c2cccc(Cl)c2C)c1C. The number of hydrogen-bond donors (Lipinski definition) is 1. The lowest BCUT2D eigenvalue weighted by Crippen LogP contribution is -2.15. The normalized spacial score (nSPS) is 11.8. The zero-order valence-corrected chi connectivity index (χ0v) is 20.7. The van der Waals surface area contributed by atoms with Gasteiger partial charge >= 0.3 is 0 Å². The molecule has 1 heterocycles. The molecule has 166 valence electrons. The zero-order chi connectivity index (χ0) is 23.0. The second-order valence-corrected chi connectivity index (χ2v) is 10.6. The van der Waals surface area contributed by atoms with E-state index < -0.39 is 10.0 Å². The second kappa shape index (κ2) is 8.81. The van der Waals surface area contributed by atoms with Crippen LogP contribution in [0.4, 0.5) is 5.69 Å². The highest BCUT2D eigenvalue weighted by Crippen LogP contribution is 2.31. The number of rotatable bonds is 6. The van der Waals surface area contributed by atoms with Crippen molar-refractivity contribution in [3.8, 4) is 0 Å². The van der Waals surface area contributed by atoms with E-state index in [0.717, 1.165) is 17.0 Å². The van der Waals surface area contributed by atoms with Gasteiger partial charge in [-0.3, -0.25) is 0 Å². The van der Waals surface area contributed by atoms with Gasteiger partial charge in [0, 0.05) is 15.6 Å². The maximum Gasteiger partial charge on any atom is 0.270 e. The molecule has 0 amide bonds. The van der Waals surface area contributed by atoms with Crippen molar-refractivity contribution in [2.24, 2.45) is 0 Å². The molecular formula is C24H24ClN3O2S2. The minimum Gasteiger partial charge on any atom is -0.326 e. The first-order valence-corrected chi connectivity index (χ1v) is 12.9. The van der Waals surface area contributed by atoms with E-state index in [4.69, 9.17) is 11.6 Å². The molecule has 5 nitrogen and oxygen atoms in total. The predicted molar refractivity (Wildman–Crippen MR) is 133 cm³/mol. The molecule has 0 spiro atoms. The average molecular weight is 486 g/mol. The minimum atomic E-state index is -3.84. The van der Waals surface area contributed by atoms with Crippen LogP contribution in [0.3, 0.4) is 0 Å². The smallest absolute Gasteiger partial charge is 0.270 e. The van der Waals surface area contributed by atoms with E-state index in [0.29, 0.717) is 27.4 Å². The molecule has 1 N–H and O–H groups in total. The fraction of sp³-hybridized carbons (Fsp3) is 0.208. The molecule has 1 aromatic heterocycles.